The fraction of sp³-hybridized carbons (Fsp3) is 0.462. The van der Waals surface area contributed by atoms with Crippen molar-refractivity contribution >= 4 is 21.6 Å². The van der Waals surface area contributed by atoms with Crippen LogP contribution in [0.2, 0.25) is 0 Å². The van der Waals surface area contributed by atoms with Gasteiger partial charge in [-0.1, -0.05) is 12.1 Å². The number of nitrogen functional groups attached to an aromatic ring is 1. The molecular weight excluding hydrogens is 278 g/mol. The first-order valence-electron chi connectivity index (χ1n) is 6.50. The van der Waals surface area contributed by atoms with E-state index in [-0.39, 0.29) is 17.6 Å². The van der Waals surface area contributed by atoms with Crippen LogP contribution in [0.25, 0.3) is 0 Å². The van der Waals surface area contributed by atoms with Gasteiger partial charge in [-0.3, -0.25) is 4.79 Å². The molecule has 1 aromatic rings. The first-order valence-corrected chi connectivity index (χ1v) is 8.11. The molecule has 0 unspecified atom stereocenters. The van der Waals surface area contributed by atoms with Crippen LogP contribution in [0.4, 0.5) is 5.69 Å². The second-order valence-electron chi connectivity index (χ2n) is 5.07. The highest BCUT2D eigenvalue weighted by Gasteiger charge is 2.30. The Kier molecular flexibility index (Phi) is 4.29. The average molecular weight is 297 g/mol. The van der Waals surface area contributed by atoms with Crippen LogP contribution >= 0.6 is 0 Å². The lowest BCUT2D eigenvalue weighted by atomic mass is 9.98. The largest absolute Gasteiger partial charge is 0.399 e. The van der Waals surface area contributed by atoms with Crippen LogP contribution in [0.1, 0.15) is 18.4 Å². The lowest BCUT2D eigenvalue weighted by Gasteiger charge is -2.29. The zero-order valence-electron chi connectivity index (χ0n) is 11.2. The normalized spacial score (nSPS) is 18.0. The van der Waals surface area contributed by atoms with Gasteiger partial charge < -0.3 is 11.5 Å². The van der Waals surface area contributed by atoms with E-state index in [0.29, 0.717) is 37.2 Å². The summed E-state index contributed by atoms with van der Waals surface area (Å²) in [6, 6.07) is 6.79. The topological polar surface area (TPSA) is 106 Å². The van der Waals surface area contributed by atoms with Gasteiger partial charge in [0.1, 0.15) is 0 Å². The molecule has 110 valence electrons. The molecule has 1 fully saturated rings. The van der Waals surface area contributed by atoms with E-state index in [1.165, 1.54) is 4.31 Å². The highest BCUT2D eigenvalue weighted by molar-refractivity contribution is 7.88. The van der Waals surface area contributed by atoms with Crippen molar-refractivity contribution in [1.82, 2.24) is 4.31 Å². The summed E-state index contributed by atoms with van der Waals surface area (Å²) in [6.45, 7) is 0.704. The molecule has 1 amide bonds. The molecule has 0 aromatic heterocycles. The van der Waals surface area contributed by atoms with Crippen molar-refractivity contribution < 1.29 is 13.2 Å². The molecule has 0 bridgehead atoms. The van der Waals surface area contributed by atoms with Crippen molar-refractivity contribution in [1.29, 1.82) is 0 Å². The molecule has 0 atom stereocenters. The molecule has 0 radical (unpaired) electrons. The first-order chi connectivity index (χ1) is 9.38. The highest BCUT2D eigenvalue weighted by Crippen LogP contribution is 2.21. The number of sulfonamides is 1. The van der Waals surface area contributed by atoms with Gasteiger partial charge in [0, 0.05) is 24.7 Å². The summed E-state index contributed by atoms with van der Waals surface area (Å²) in [6.07, 6.45) is 0.993. The van der Waals surface area contributed by atoms with E-state index in [2.05, 4.69) is 0 Å². The Labute approximate surface area is 118 Å². The Balaban J connectivity index is 2.01. The van der Waals surface area contributed by atoms with E-state index in [1.54, 1.807) is 24.3 Å². The third-order valence-corrected chi connectivity index (χ3v) is 5.43. The SMILES string of the molecule is NC(=O)C1CCN(S(=O)(=O)Cc2ccc(N)cc2)CC1. The number of primary amides is 1. The quantitative estimate of drug-likeness (QED) is 0.779. The minimum absolute atomic E-state index is 0.0471. The average Bonchev–Trinajstić information content (AvgIpc) is 2.41. The molecule has 1 saturated heterocycles. The second-order valence-corrected chi connectivity index (χ2v) is 7.04. The summed E-state index contributed by atoms with van der Waals surface area (Å²) in [5.74, 6) is -0.604. The summed E-state index contributed by atoms with van der Waals surface area (Å²) in [5, 5.41) is 0. The zero-order valence-corrected chi connectivity index (χ0v) is 12.0. The van der Waals surface area contributed by atoms with Crippen molar-refractivity contribution in [3.63, 3.8) is 0 Å². The molecule has 4 N–H and O–H groups in total. The Hall–Kier alpha value is -1.60. The van der Waals surface area contributed by atoms with Crippen LogP contribution in [-0.4, -0.2) is 31.7 Å². The Morgan fingerprint density at radius 2 is 1.75 bits per heavy atom. The number of benzene rings is 1. The van der Waals surface area contributed by atoms with Crippen molar-refractivity contribution in [3.05, 3.63) is 29.8 Å². The Morgan fingerprint density at radius 1 is 1.20 bits per heavy atom. The number of amides is 1. The maximum absolute atomic E-state index is 12.3. The van der Waals surface area contributed by atoms with Crippen molar-refractivity contribution in [3.8, 4) is 0 Å². The van der Waals surface area contributed by atoms with Gasteiger partial charge >= 0.3 is 0 Å². The maximum Gasteiger partial charge on any atom is 0.220 e. The number of nitrogens with two attached hydrogens (primary N) is 2. The van der Waals surface area contributed by atoms with Gasteiger partial charge in [0.25, 0.3) is 0 Å². The predicted octanol–water partition coefficient (Wildman–Crippen LogP) is 0.296. The number of hydrogen-bond donors (Lipinski definition) is 2. The molecule has 1 aliphatic heterocycles. The lowest BCUT2D eigenvalue weighted by Crippen LogP contribution is -2.42. The summed E-state index contributed by atoms with van der Waals surface area (Å²) in [7, 11) is -3.36. The van der Waals surface area contributed by atoms with Crippen molar-refractivity contribution in [2.24, 2.45) is 11.7 Å². The van der Waals surface area contributed by atoms with Gasteiger partial charge in [0.2, 0.25) is 15.9 Å². The third kappa shape index (κ3) is 3.49. The molecule has 1 aromatic carbocycles. The van der Waals surface area contributed by atoms with Crippen LogP contribution in [0.15, 0.2) is 24.3 Å². The van der Waals surface area contributed by atoms with Crippen molar-refractivity contribution in [2.75, 3.05) is 18.8 Å². The molecular formula is C13H19N3O3S. The zero-order chi connectivity index (χ0) is 14.8. The number of carbonyl (C=O) groups excluding carboxylic acids is 1. The number of piperidine rings is 1. The van der Waals surface area contributed by atoms with Crippen LogP contribution in [0.5, 0.6) is 0 Å². The lowest BCUT2D eigenvalue weighted by molar-refractivity contribution is -0.122. The van der Waals surface area contributed by atoms with Gasteiger partial charge in [-0.05, 0) is 30.5 Å². The monoisotopic (exact) mass is 297 g/mol. The molecule has 0 saturated carbocycles. The molecule has 2 rings (SSSR count). The minimum Gasteiger partial charge on any atom is -0.399 e. The molecule has 7 heteroatoms. The maximum atomic E-state index is 12.3. The van der Waals surface area contributed by atoms with Crippen LogP contribution in [0, 0.1) is 5.92 Å². The summed E-state index contributed by atoms with van der Waals surface area (Å²) < 4.78 is 26.0. The Bertz CT molecular complexity index is 575. The molecule has 0 spiro atoms. The van der Waals surface area contributed by atoms with E-state index >= 15 is 0 Å². The fourth-order valence-corrected chi connectivity index (χ4v) is 3.90. The molecule has 1 aliphatic rings. The summed E-state index contributed by atoms with van der Waals surface area (Å²) >= 11 is 0. The van der Waals surface area contributed by atoms with Crippen LogP contribution in [0.3, 0.4) is 0 Å². The molecule has 20 heavy (non-hydrogen) atoms. The van der Waals surface area contributed by atoms with Crippen LogP contribution < -0.4 is 11.5 Å². The van der Waals surface area contributed by atoms with Gasteiger partial charge in [-0.2, -0.15) is 0 Å². The van der Waals surface area contributed by atoms with Gasteiger partial charge in [0.15, 0.2) is 0 Å². The van der Waals surface area contributed by atoms with Gasteiger partial charge in [0.05, 0.1) is 5.75 Å². The minimum atomic E-state index is -3.36. The van der Waals surface area contributed by atoms with E-state index in [1.807, 2.05) is 0 Å². The van der Waals surface area contributed by atoms with Gasteiger partial charge in [-0.15, -0.1) is 0 Å². The van der Waals surface area contributed by atoms with Crippen molar-refractivity contribution in [2.45, 2.75) is 18.6 Å². The number of anilines is 1. The molecule has 6 nitrogen and oxygen atoms in total. The third-order valence-electron chi connectivity index (χ3n) is 3.58. The molecule has 0 aliphatic carbocycles. The van der Waals surface area contributed by atoms with E-state index < -0.39 is 10.0 Å². The number of hydrogen-bond acceptors (Lipinski definition) is 4. The van der Waals surface area contributed by atoms with Gasteiger partial charge in [-0.25, -0.2) is 12.7 Å². The Morgan fingerprint density at radius 3 is 2.25 bits per heavy atom. The number of carbonyl (C=O) groups is 1. The second kappa shape index (κ2) is 5.80. The standard InChI is InChI=1S/C13H19N3O3S/c14-12-3-1-10(2-4-12)9-20(18,19)16-7-5-11(6-8-16)13(15)17/h1-4,11H,5-9,14H2,(H2,15,17). The van der Waals surface area contributed by atoms with Crippen LogP contribution in [-0.2, 0) is 20.6 Å². The summed E-state index contributed by atoms with van der Waals surface area (Å²) in [4.78, 5) is 11.1. The predicted molar refractivity (Wildman–Crippen MR) is 77.0 cm³/mol. The summed E-state index contributed by atoms with van der Waals surface area (Å²) in [5.41, 5.74) is 12.1. The fourth-order valence-electron chi connectivity index (χ4n) is 2.33. The van der Waals surface area contributed by atoms with E-state index in [9.17, 15) is 13.2 Å². The number of rotatable bonds is 4. The highest BCUT2D eigenvalue weighted by atomic mass is 32.2. The van der Waals surface area contributed by atoms with E-state index in [0.717, 1.165) is 0 Å². The first kappa shape index (κ1) is 14.8. The number of nitrogens with zero attached hydrogens (tertiary/aromatic N) is 1. The molecule has 1 heterocycles. The smallest absolute Gasteiger partial charge is 0.220 e. The van der Waals surface area contributed by atoms with E-state index in [4.69, 9.17) is 11.5 Å².